The van der Waals surface area contributed by atoms with Crippen LogP contribution < -0.4 is 5.73 Å². The predicted molar refractivity (Wildman–Crippen MR) is 74.2 cm³/mol. The number of hydrogen-bond donors (Lipinski definition) is 3. The molecule has 12 heteroatoms. The number of hydrogen-bond acceptors (Lipinski definition) is 6. The number of nitrogen functional groups attached to an aromatic ring is 1. The molecule has 0 aliphatic rings. The van der Waals surface area contributed by atoms with Crippen LogP contribution in [0.25, 0.3) is 5.78 Å². The Labute approximate surface area is 132 Å². The second-order valence-corrected chi connectivity index (χ2v) is 4.60. The zero-order chi connectivity index (χ0) is 18.5. The van der Waals surface area contributed by atoms with Gasteiger partial charge >= 0.3 is 18.1 Å². The Hall–Kier alpha value is -2.92. The number of nitrogens with two attached hydrogens (primary N) is 1. The summed E-state index contributed by atoms with van der Waals surface area (Å²) in [4.78, 5) is 26.7. The van der Waals surface area contributed by atoms with Gasteiger partial charge in [-0.15, -0.1) is 5.10 Å². The molecular formula is C12H14F3N5O4. The first-order valence-electron chi connectivity index (χ1n) is 6.49. The van der Waals surface area contributed by atoms with E-state index in [-0.39, 0.29) is 30.3 Å². The molecule has 0 spiro atoms. The fourth-order valence-electron chi connectivity index (χ4n) is 1.37. The molecule has 2 aromatic heterocycles. The predicted octanol–water partition coefficient (Wildman–Crippen LogP) is 1.31. The van der Waals surface area contributed by atoms with Gasteiger partial charge in [0.2, 0.25) is 0 Å². The number of aromatic nitrogens is 4. The molecule has 132 valence electrons. The lowest BCUT2D eigenvalue weighted by molar-refractivity contribution is -0.147. The van der Waals surface area contributed by atoms with E-state index in [1.165, 1.54) is 12.3 Å². The molecule has 0 saturated heterocycles. The largest absolute Gasteiger partial charge is 0.481 e. The van der Waals surface area contributed by atoms with Gasteiger partial charge in [0.25, 0.3) is 5.78 Å². The molecule has 4 N–H and O–H groups in total. The number of carbonyl (C=O) groups is 2. The van der Waals surface area contributed by atoms with E-state index in [4.69, 9.17) is 15.9 Å². The fraction of sp³-hybridized carbons (Fsp3) is 0.417. The minimum Gasteiger partial charge on any atom is -0.481 e. The van der Waals surface area contributed by atoms with Crippen LogP contribution in [0.2, 0.25) is 0 Å². The summed E-state index contributed by atoms with van der Waals surface area (Å²) in [6, 6.07) is 1.43. The van der Waals surface area contributed by atoms with Crippen molar-refractivity contribution in [2.45, 2.75) is 31.9 Å². The van der Waals surface area contributed by atoms with Crippen LogP contribution in [-0.4, -0.2) is 47.9 Å². The first kappa shape index (κ1) is 19.1. The van der Waals surface area contributed by atoms with Crippen molar-refractivity contribution in [3.63, 3.8) is 0 Å². The van der Waals surface area contributed by atoms with Gasteiger partial charge in [0.1, 0.15) is 11.7 Å². The molecule has 0 fully saturated rings. The number of aliphatic carboxylic acids is 2. The Morgan fingerprint density at radius 2 is 1.83 bits per heavy atom. The maximum absolute atomic E-state index is 12.4. The molecule has 1 atom stereocenters. The second-order valence-electron chi connectivity index (χ2n) is 4.60. The van der Waals surface area contributed by atoms with E-state index >= 15 is 0 Å². The van der Waals surface area contributed by atoms with Crippen molar-refractivity contribution >= 4 is 23.5 Å². The maximum Gasteiger partial charge on any atom is 0.398 e. The van der Waals surface area contributed by atoms with E-state index in [9.17, 15) is 22.8 Å². The van der Waals surface area contributed by atoms with Crippen molar-refractivity contribution in [2.24, 2.45) is 0 Å². The van der Waals surface area contributed by atoms with Crippen LogP contribution in [0, 0.1) is 0 Å². The minimum atomic E-state index is -4.38. The lowest BCUT2D eigenvalue weighted by Gasteiger charge is -2.10. The zero-order valence-electron chi connectivity index (χ0n) is 12.4. The van der Waals surface area contributed by atoms with Gasteiger partial charge in [-0.05, 0) is 13.0 Å². The number of alkyl halides is 3. The molecule has 24 heavy (non-hydrogen) atoms. The third-order valence-corrected chi connectivity index (χ3v) is 2.72. The zero-order valence-corrected chi connectivity index (χ0v) is 12.4. The standard InChI is InChI=1S/C8H8F3N5.C4H6O4/c1-4(8(9,10)11)6-14-7-13-3-2-5(12)16(7)15-6;5-3(6)1-2-4(7)8/h2-4H,12H2,1H3;1-2H2,(H,5,6)(H,7,8)/t4-;/m0./s1. The quantitative estimate of drug-likeness (QED) is 0.749. The summed E-state index contributed by atoms with van der Waals surface area (Å²) in [5.74, 6) is -3.98. The van der Waals surface area contributed by atoms with Crippen molar-refractivity contribution in [3.8, 4) is 0 Å². The number of carboxylic acids is 2. The number of rotatable bonds is 4. The number of carboxylic acid groups (broad SMARTS) is 2. The summed E-state index contributed by atoms with van der Waals surface area (Å²) in [5, 5.41) is 19.5. The molecule has 0 aliphatic carbocycles. The lowest BCUT2D eigenvalue weighted by Crippen LogP contribution is -2.19. The molecule has 0 bridgehead atoms. The molecular weight excluding hydrogens is 335 g/mol. The van der Waals surface area contributed by atoms with Gasteiger partial charge in [0.05, 0.1) is 12.8 Å². The van der Waals surface area contributed by atoms with Crippen molar-refractivity contribution in [3.05, 3.63) is 18.1 Å². The van der Waals surface area contributed by atoms with E-state index in [2.05, 4.69) is 15.1 Å². The minimum absolute atomic E-state index is 0.0612. The monoisotopic (exact) mass is 349 g/mol. The lowest BCUT2D eigenvalue weighted by atomic mass is 10.1. The molecule has 0 amide bonds. The van der Waals surface area contributed by atoms with Gasteiger partial charge < -0.3 is 15.9 Å². The summed E-state index contributed by atoms with van der Waals surface area (Å²) in [7, 11) is 0. The van der Waals surface area contributed by atoms with Crippen molar-refractivity contribution in [2.75, 3.05) is 5.73 Å². The van der Waals surface area contributed by atoms with Crippen LogP contribution in [0.1, 0.15) is 31.5 Å². The summed E-state index contributed by atoms with van der Waals surface area (Å²) < 4.78 is 38.3. The number of nitrogens with zero attached hydrogens (tertiary/aromatic N) is 4. The van der Waals surface area contributed by atoms with Crippen LogP contribution >= 0.6 is 0 Å². The molecule has 2 aromatic rings. The maximum atomic E-state index is 12.4. The van der Waals surface area contributed by atoms with E-state index in [0.717, 1.165) is 11.4 Å². The SMILES string of the molecule is C[C@@H](c1nc2nccc(N)n2n1)C(F)(F)F.O=C(O)CCC(=O)O. The average Bonchev–Trinajstić information content (AvgIpc) is 2.89. The number of anilines is 1. The first-order valence-corrected chi connectivity index (χ1v) is 6.49. The van der Waals surface area contributed by atoms with Crippen LogP contribution in [0.5, 0.6) is 0 Å². The highest BCUT2D eigenvalue weighted by Gasteiger charge is 2.40. The Morgan fingerprint density at radius 3 is 2.25 bits per heavy atom. The average molecular weight is 349 g/mol. The molecule has 0 aromatic carbocycles. The number of halogens is 3. The highest BCUT2D eigenvalue weighted by atomic mass is 19.4. The van der Waals surface area contributed by atoms with Gasteiger partial charge in [-0.3, -0.25) is 9.59 Å². The second kappa shape index (κ2) is 7.57. The van der Waals surface area contributed by atoms with Crippen molar-refractivity contribution < 1.29 is 33.0 Å². The summed E-state index contributed by atoms with van der Waals surface area (Å²) in [5.41, 5.74) is 5.52. The molecule has 2 rings (SSSR count). The normalized spacial score (nSPS) is 12.3. The van der Waals surface area contributed by atoms with Gasteiger partial charge in [0.15, 0.2) is 5.82 Å². The van der Waals surface area contributed by atoms with Crippen molar-refractivity contribution in [1.82, 2.24) is 19.6 Å². The van der Waals surface area contributed by atoms with Crippen LogP contribution in [0.15, 0.2) is 12.3 Å². The van der Waals surface area contributed by atoms with Crippen molar-refractivity contribution in [1.29, 1.82) is 0 Å². The number of fused-ring (bicyclic) bond motifs is 1. The molecule has 0 radical (unpaired) electrons. The first-order chi connectivity index (χ1) is 11.0. The summed E-state index contributed by atoms with van der Waals surface area (Å²) in [6.07, 6.45) is -3.61. The van der Waals surface area contributed by atoms with E-state index in [0.29, 0.717) is 0 Å². The van der Waals surface area contributed by atoms with E-state index < -0.39 is 24.0 Å². The van der Waals surface area contributed by atoms with Gasteiger partial charge in [-0.1, -0.05) is 0 Å². The Morgan fingerprint density at radius 1 is 1.29 bits per heavy atom. The highest BCUT2D eigenvalue weighted by Crippen LogP contribution is 2.32. The fourth-order valence-corrected chi connectivity index (χ4v) is 1.37. The molecule has 0 saturated carbocycles. The molecule has 2 heterocycles. The van der Waals surface area contributed by atoms with Crippen LogP contribution in [-0.2, 0) is 9.59 Å². The topological polar surface area (TPSA) is 144 Å². The highest BCUT2D eigenvalue weighted by molar-refractivity contribution is 5.75. The summed E-state index contributed by atoms with van der Waals surface area (Å²) >= 11 is 0. The van der Waals surface area contributed by atoms with E-state index in [1.807, 2.05) is 0 Å². The van der Waals surface area contributed by atoms with Crippen LogP contribution in [0.4, 0.5) is 19.0 Å². The smallest absolute Gasteiger partial charge is 0.398 e. The van der Waals surface area contributed by atoms with Gasteiger partial charge in [0, 0.05) is 6.20 Å². The Kier molecular flexibility index (Phi) is 6.03. The Bertz CT molecular complexity index is 717. The van der Waals surface area contributed by atoms with Crippen LogP contribution in [0.3, 0.4) is 0 Å². The molecule has 0 aliphatic heterocycles. The third kappa shape index (κ3) is 5.37. The van der Waals surface area contributed by atoms with E-state index in [1.54, 1.807) is 0 Å². The Balaban J connectivity index is 0.000000307. The summed E-state index contributed by atoms with van der Waals surface area (Å²) in [6.45, 7) is 0.991. The molecule has 9 nitrogen and oxygen atoms in total. The molecule has 0 unspecified atom stereocenters. The third-order valence-electron chi connectivity index (χ3n) is 2.72. The van der Waals surface area contributed by atoms with Gasteiger partial charge in [-0.25, -0.2) is 4.98 Å². The van der Waals surface area contributed by atoms with Gasteiger partial charge in [-0.2, -0.15) is 22.7 Å².